The summed E-state index contributed by atoms with van der Waals surface area (Å²) in [6.45, 7) is 4.58. The van der Waals surface area contributed by atoms with Crippen LogP contribution in [0.25, 0.3) is 11.6 Å². The van der Waals surface area contributed by atoms with E-state index >= 15 is 0 Å². The molecule has 0 aliphatic carbocycles. The summed E-state index contributed by atoms with van der Waals surface area (Å²) in [6, 6.07) is 0. The normalized spacial score (nSPS) is 12.0. The molecule has 0 atom stereocenters. The first kappa shape index (κ1) is 9.82. The Labute approximate surface area is 85.7 Å². The third-order valence-electron chi connectivity index (χ3n) is 1.85. The molecule has 0 saturated heterocycles. The highest BCUT2D eigenvalue weighted by Gasteiger charge is 2.27. The van der Waals surface area contributed by atoms with E-state index in [0.29, 0.717) is 5.82 Å². The number of nitrogens with zero attached hydrogens (tertiary/aromatic N) is 3. The van der Waals surface area contributed by atoms with Crippen LogP contribution in [0.1, 0.15) is 25.4 Å². The maximum atomic E-state index is 13.4. The molecule has 0 aliphatic heterocycles. The lowest BCUT2D eigenvalue weighted by Gasteiger charge is -2.05. The summed E-state index contributed by atoms with van der Waals surface area (Å²) in [7, 11) is 0. The quantitative estimate of drug-likeness (QED) is 0.822. The number of halogens is 1. The van der Waals surface area contributed by atoms with Crippen molar-refractivity contribution in [2.24, 2.45) is 0 Å². The lowest BCUT2D eigenvalue weighted by Crippen LogP contribution is -2.09. The van der Waals surface area contributed by atoms with Crippen molar-refractivity contribution in [3.63, 3.8) is 0 Å². The summed E-state index contributed by atoms with van der Waals surface area (Å²) in [5, 5.41) is 3.65. The first-order chi connectivity index (χ1) is 6.97. The van der Waals surface area contributed by atoms with E-state index in [-0.39, 0.29) is 11.7 Å². The second kappa shape index (κ2) is 3.15. The number of aromatic amines is 1. The third kappa shape index (κ3) is 1.88. The standard InChI is InChI=1S/C9H11FN4O/c1-5-4-11-6(12-5)7-13-8(15-14-7)9(2,3)10/h4H,1-3H3,(H,11,12). The molecule has 0 radical (unpaired) electrons. The zero-order chi connectivity index (χ0) is 11.1. The van der Waals surface area contributed by atoms with Gasteiger partial charge in [-0.05, 0) is 20.8 Å². The van der Waals surface area contributed by atoms with Gasteiger partial charge in [-0.2, -0.15) is 4.98 Å². The molecule has 15 heavy (non-hydrogen) atoms. The zero-order valence-electron chi connectivity index (χ0n) is 8.71. The van der Waals surface area contributed by atoms with Crippen LogP contribution in [0.3, 0.4) is 0 Å². The number of alkyl halides is 1. The molecule has 0 aliphatic rings. The molecule has 80 valence electrons. The lowest BCUT2D eigenvalue weighted by atomic mass is 10.2. The first-order valence-corrected chi connectivity index (χ1v) is 4.52. The summed E-state index contributed by atoms with van der Waals surface area (Å²) < 4.78 is 18.2. The zero-order valence-corrected chi connectivity index (χ0v) is 8.71. The number of aromatic nitrogens is 4. The van der Waals surface area contributed by atoms with E-state index in [4.69, 9.17) is 4.52 Å². The van der Waals surface area contributed by atoms with Crippen LogP contribution < -0.4 is 0 Å². The topological polar surface area (TPSA) is 67.6 Å². The number of hydrogen-bond donors (Lipinski definition) is 1. The van der Waals surface area contributed by atoms with Gasteiger partial charge >= 0.3 is 0 Å². The van der Waals surface area contributed by atoms with Crippen LogP contribution in [0.4, 0.5) is 4.39 Å². The van der Waals surface area contributed by atoms with Crippen molar-refractivity contribution < 1.29 is 8.91 Å². The van der Waals surface area contributed by atoms with E-state index in [1.807, 2.05) is 6.92 Å². The second-order valence-corrected chi connectivity index (χ2v) is 3.81. The van der Waals surface area contributed by atoms with Crippen LogP contribution in [0.2, 0.25) is 0 Å². The lowest BCUT2D eigenvalue weighted by molar-refractivity contribution is 0.155. The van der Waals surface area contributed by atoms with Crippen molar-refractivity contribution in [3.05, 3.63) is 17.8 Å². The average Bonchev–Trinajstić information content (AvgIpc) is 2.69. The fraction of sp³-hybridized carbons (Fsp3) is 0.444. The smallest absolute Gasteiger partial charge is 0.264 e. The molecule has 5 nitrogen and oxygen atoms in total. The first-order valence-electron chi connectivity index (χ1n) is 4.52. The van der Waals surface area contributed by atoms with Crippen LogP contribution in [-0.2, 0) is 5.67 Å². The molecule has 0 aromatic carbocycles. The Bertz CT molecular complexity index is 468. The highest BCUT2D eigenvalue weighted by Crippen LogP contribution is 2.24. The van der Waals surface area contributed by atoms with Gasteiger partial charge in [0.2, 0.25) is 5.82 Å². The number of H-pyrrole nitrogens is 1. The predicted molar refractivity (Wildman–Crippen MR) is 50.8 cm³/mol. The molecule has 0 unspecified atom stereocenters. The van der Waals surface area contributed by atoms with E-state index in [2.05, 4.69) is 20.1 Å². The van der Waals surface area contributed by atoms with Gasteiger partial charge < -0.3 is 9.51 Å². The molecular weight excluding hydrogens is 199 g/mol. The van der Waals surface area contributed by atoms with Crippen LogP contribution in [0.5, 0.6) is 0 Å². The van der Waals surface area contributed by atoms with Crippen LogP contribution in [0.15, 0.2) is 10.7 Å². The van der Waals surface area contributed by atoms with E-state index in [9.17, 15) is 4.39 Å². The van der Waals surface area contributed by atoms with E-state index < -0.39 is 5.67 Å². The molecular formula is C9H11FN4O. The van der Waals surface area contributed by atoms with Crippen molar-refractivity contribution >= 4 is 0 Å². The molecule has 1 N–H and O–H groups in total. The molecule has 0 amide bonds. The molecule has 2 rings (SSSR count). The highest BCUT2D eigenvalue weighted by molar-refractivity contribution is 5.42. The van der Waals surface area contributed by atoms with Gasteiger partial charge in [0.1, 0.15) is 0 Å². The number of nitrogens with one attached hydrogen (secondary N) is 1. The summed E-state index contributed by atoms with van der Waals surface area (Å²) in [6.07, 6.45) is 1.64. The second-order valence-electron chi connectivity index (χ2n) is 3.81. The molecule has 6 heteroatoms. The number of rotatable bonds is 2. The predicted octanol–water partition coefficient (Wildman–Crippen LogP) is 1.97. The third-order valence-corrected chi connectivity index (χ3v) is 1.85. The van der Waals surface area contributed by atoms with Crippen molar-refractivity contribution in [1.29, 1.82) is 0 Å². The number of hydrogen-bond acceptors (Lipinski definition) is 4. The molecule has 2 aromatic rings. The minimum absolute atomic E-state index is 0.0495. The molecule has 2 aromatic heterocycles. The van der Waals surface area contributed by atoms with Gasteiger partial charge in [0.25, 0.3) is 5.89 Å². The molecule has 0 spiro atoms. The number of imidazole rings is 1. The molecule has 0 saturated carbocycles. The van der Waals surface area contributed by atoms with E-state index in [0.717, 1.165) is 5.69 Å². The Morgan fingerprint density at radius 1 is 1.47 bits per heavy atom. The van der Waals surface area contributed by atoms with Crippen LogP contribution in [-0.4, -0.2) is 20.1 Å². The summed E-state index contributed by atoms with van der Waals surface area (Å²) >= 11 is 0. The SMILES string of the molecule is Cc1cnc(-c2noc(C(C)(C)F)n2)[nH]1. The Morgan fingerprint density at radius 3 is 2.67 bits per heavy atom. The van der Waals surface area contributed by atoms with Gasteiger partial charge in [-0.15, -0.1) is 0 Å². The fourth-order valence-electron chi connectivity index (χ4n) is 1.09. The summed E-state index contributed by atoms with van der Waals surface area (Å²) in [5.74, 6) is 0.696. The Kier molecular flexibility index (Phi) is 2.06. The Hall–Kier alpha value is -1.72. The van der Waals surface area contributed by atoms with Crippen molar-refractivity contribution in [2.75, 3.05) is 0 Å². The Balaban J connectivity index is 2.36. The van der Waals surface area contributed by atoms with Crippen LogP contribution >= 0.6 is 0 Å². The Morgan fingerprint density at radius 2 is 2.20 bits per heavy atom. The van der Waals surface area contributed by atoms with Crippen molar-refractivity contribution in [1.82, 2.24) is 20.1 Å². The van der Waals surface area contributed by atoms with E-state index in [1.165, 1.54) is 13.8 Å². The minimum Gasteiger partial charge on any atom is -0.339 e. The molecule has 2 heterocycles. The van der Waals surface area contributed by atoms with Gasteiger partial charge in [-0.1, -0.05) is 5.16 Å². The summed E-state index contributed by atoms with van der Waals surface area (Å²) in [4.78, 5) is 10.9. The van der Waals surface area contributed by atoms with Gasteiger partial charge in [-0.25, -0.2) is 9.37 Å². The largest absolute Gasteiger partial charge is 0.339 e. The van der Waals surface area contributed by atoms with Gasteiger partial charge in [0, 0.05) is 11.9 Å². The molecule has 0 bridgehead atoms. The van der Waals surface area contributed by atoms with Gasteiger partial charge in [-0.3, -0.25) is 0 Å². The average molecular weight is 210 g/mol. The summed E-state index contributed by atoms with van der Waals surface area (Å²) in [5.41, 5.74) is -0.747. The van der Waals surface area contributed by atoms with E-state index in [1.54, 1.807) is 6.20 Å². The van der Waals surface area contributed by atoms with Gasteiger partial charge in [0.05, 0.1) is 0 Å². The minimum atomic E-state index is -1.63. The monoisotopic (exact) mass is 210 g/mol. The van der Waals surface area contributed by atoms with Crippen LogP contribution in [0, 0.1) is 6.92 Å². The fourth-order valence-corrected chi connectivity index (χ4v) is 1.09. The highest BCUT2D eigenvalue weighted by atomic mass is 19.1. The van der Waals surface area contributed by atoms with Gasteiger partial charge in [0.15, 0.2) is 11.5 Å². The van der Waals surface area contributed by atoms with Crippen molar-refractivity contribution in [2.45, 2.75) is 26.4 Å². The number of aryl methyl sites for hydroxylation is 1. The maximum Gasteiger partial charge on any atom is 0.264 e. The maximum absolute atomic E-state index is 13.4. The van der Waals surface area contributed by atoms with Crippen molar-refractivity contribution in [3.8, 4) is 11.6 Å². The molecule has 0 fully saturated rings.